The van der Waals surface area contributed by atoms with Crippen LogP contribution in [0.2, 0.25) is 5.02 Å². The minimum Gasteiger partial charge on any atom is -0.494 e. The summed E-state index contributed by atoms with van der Waals surface area (Å²) in [4.78, 5) is 4.65. The van der Waals surface area contributed by atoms with Gasteiger partial charge in [0.05, 0.1) is 12.3 Å². The number of allylic oxidation sites excluding steroid dienone is 1. The number of rotatable bonds is 5. The van der Waals surface area contributed by atoms with Crippen LogP contribution in [0, 0.1) is 0 Å². The molecule has 2 aromatic rings. The average Bonchev–Trinajstić information content (AvgIpc) is 2.59. The molecule has 1 aliphatic rings. The summed E-state index contributed by atoms with van der Waals surface area (Å²) < 4.78 is 5.73. The molecule has 0 bridgehead atoms. The normalized spacial score (nSPS) is 13.2. The predicted molar refractivity (Wildman–Crippen MR) is 105 cm³/mol. The lowest BCUT2D eigenvalue weighted by molar-refractivity contribution is 0.317. The molecule has 1 heterocycles. The number of halogens is 2. The molecule has 0 unspecified atom stereocenters. The number of aliphatic imine (C=N–C) groups is 1. The van der Waals surface area contributed by atoms with E-state index in [9.17, 15) is 0 Å². The van der Waals surface area contributed by atoms with E-state index in [4.69, 9.17) is 16.3 Å². The smallest absolute Gasteiger partial charge is 0.119 e. The first kappa shape index (κ1) is 18.6. The monoisotopic (exact) mass is 361 g/mol. The van der Waals surface area contributed by atoms with Crippen LogP contribution in [-0.4, -0.2) is 18.9 Å². The van der Waals surface area contributed by atoms with Gasteiger partial charge < -0.3 is 4.74 Å². The van der Waals surface area contributed by atoms with Gasteiger partial charge in [-0.15, -0.1) is 12.4 Å². The van der Waals surface area contributed by atoms with Crippen LogP contribution in [0.25, 0.3) is 6.08 Å². The van der Waals surface area contributed by atoms with Crippen LogP contribution in [0.4, 0.5) is 0 Å². The molecule has 0 spiro atoms. The lowest BCUT2D eigenvalue weighted by Crippen LogP contribution is -2.11. The van der Waals surface area contributed by atoms with E-state index in [1.165, 1.54) is 11.1 Å². The maximum atomic E-state index is 6.20. The Labute approximate surface area is 154 Å². The third-order valence-electron chi connectivity index (χ3n) is 3.81. The van der Waals surface area contributed by atoms with Crippen LogP contribution in [0.3, 0.4) is 0 Å². The third-order valence-corrected chi connectivity index (χ3v) is 4.16. The van der Waals surface area contributed by atoms with E-state index in [0.717, 1.165) is 48.0 Å². The Bertz CT molecular complexity index is 753. The van der Waals surface area contributed by atoms with E-state index in [1.807, 2.05) is 42.5 Å². The third kappa shape index (κ3) is 4.40. The second kappa shape index (κ2) is 8.91. The molecule has 2 nitrogen and oxygen atoms in total. The number of hydrogen-bond acceptors (Lipinski definition) is 2. The molecule has 0 aromatic heterocycles. The highest BCUT2D eigenvalue weighted by Gasteiger charge is 2.13. The molecule has 0 N–H and O–H groups in total. The fourth-order valence-corrected chi connectivity index (χ4v) is 2.84. The topological polar surface area (TPSA) is 21.6 Å². The van der Waals surface area contributed by atoms with Gasteiger partial charge in [-0.2, -0.15) is 0 Å². The van der Waals surface area contributed by atoms with E-state index in [1.54, 1.807) is 0 Å². The summed E-state index contributed by atoms with van der Waals surface area (Å²) in [7, 11) is 0. The van der Waals surface area contributed by atoms with Gasteiger partial charge in [-0.3, -0.25) is 4.99 Å². The minimum atomic E-state index is 0. The van der Waals surface area contributed by atoms with E-state index in [2.05, 4.69) is 24.0 Å². The Morgan fingerprint density at radius 3 is 2.79 bits per heavy atom. The van der Waals surface area contributed by atoms with Crippen LogP contribution in [0.1, 0.15) is 30.0 Å². The van der Waals surface area contributed by atoms with E-state index in [-0.39, 0.29) is 12.4 Å². The van der Waals surface area contributed by atoms with E-state index < -0.39 is 0 Å². The van der Waals surface area contributed by atoms with Crippen LogP contribution in [0.5, 0.6) is 5.75 Å². The zero-order valence-electron chi connectivity index (χ0n) is 13.7. The van der Waals surface area contributed by atoms with Crippen LogP contribution in [-0.2, 0) is 6.42 Å². The Kier molecular flexibility index (Phi) is 6.89. The molecule has 0 radical (unpaired) electrons. The Morgan fingerprint density at radius 1 is 1.17 bits per heavy atom. The molecule has 0 fully saturated rings. The lowest BCUT2D eigenvalue weighted by atomic mass is 9.96. The number of hydrogen-bond donors (Lipinski definition) is 0. The first-order valence-corrected chi connectivity index (χ1v) is 8.39. The second-order valence-electron chi connectivity index (χ2n) is 5.54. The molecule has 126 valence electrons. The van der Waals surface area contributed by atoms with Crippen molar-refractivity contribution in [2.45, 2.75) is 19.8 Å². The van der Waals surface area contributed by atoms with E-state index in [0.29, 0.717) is 0 Å². The first-order valence-electron chi connectivity index (χ1n) is 8.01. The minimum absolute atomic E-state index is 0. The highest BCUT2D eigenvalue weighted by molar-refractivity contribution is 6.32. The van der Waals surface area contributed by atoms with Gasteiger partial charge in [-0.25, -0.2) is 0 Å². The Balaban J connectivity index is 0.00000208. The summed E-state index contributed by atoms with van der Waals surface area (Å²) in [5, 5.41) is 0.753. The quantitative estimate of drug-likeness (QED) is 0.678. The SMILES string of the molecule is CCCOc1ccc2c(c1)CCN=C2/C=C/c1ccccc1Cl.Cl. The molecule has 0 saturated heterocycles. The number of ether oxygens (including phenoxy) is 1. The van der Waals surface area contributed by atoms with Crippen molar-refractivity contribution in [3.63, 3.8) is 0 Å². The molecule has 4 heteroatoms. The molecule has 1 aliphatic heterocycles. The van der Waals surface area contributed by atoms with Crippen molar-refractivity contribution in [1.29, 1.82) is 0 Å². The largest absolute Gasteiger partial charge is 0.494 e. The Morgan fingerprint density at radius 2 is 2.00 bits per heavy atom. The molecular formula is C20H21Cl2NO. The predicted octanol–water partition coefficient (Wildman–Crippen LogP) is 5.61. The first-order chi connectivity index (χ1) is 11.3. The number of nitrogens with zero attached hydrogens (tertiary/aromatic N) is 1. The highest BCUT2D eigenvalue weighted by atomic mass is 35.5. The van der Waals surface area contributed by atoms with Gasteiger partial charge in [0, 0.05) is 17.1 Å². The fourth-order valence-electron chi connectivity index (χ4n) is 2.64. The van der Waals surface area contributed by atoms with Crippen molar-refractivity contribution in [3.8, 4) is 5.75 Å². The van der Waals surface area contributed by atoms with Crippen molar-refractivity contribution in [1.82, 2.24) is 0 Å². The second-order valence-corrected chi connectivity index (χ2v) is 5.95. The maximum Gasteiger partial charge on any atom is 0.119 e. The summed E-state index contributed by atoms with van der Waals surface area (Å²) in [5.74, 6) is 0.946. The fraction of sp³-hybridized carbons (Fsp3) is 0.250. The van der Waals surface area contributed by atoms with Gasteiger partial charge in [-0.05, 0) is 54.3 Å². The average molecular weight is 362 g/mol. The number of fused-ring (bicyclic) bond motifs is 1. The summed E-state index contributed by atoms with van der Waals surface area (Å²) in [5.41, 5.74) is 4.50. The molecular weight excluding hydrogens is 341 g/mol. The molecule has 24 heavy (non-hydrogen) atoms. The van der Waals surface area contributed by atoms with Gasteiger partial charge in [0.25, 0.3) is 0 Å². The summed E-state index contributed by atoms with van der Waals surface area (Å²) >= 11 is 6.20. The van der Waals surface area contributed by atoms with Gasteiger partial charge in [-0.1, -0.05) is 42.8 Å². The summed E-state index contributed by atoms with van der Waals surface area (Å²) in [6, 6.07) is 14.1. The number of benzene rings is 2. The van der Waals surface area contributed by atoms with Crippen LogP contribution < -0.4 is 4.74 Å². The van der Waals surface area contributed by atoms with Gasteiger partial charge >= 0.3 is 0 Å². The molecule has 3 rings (SSSR count). The van der Waals surface area contributed by atoms with Gasteiger partial charge in [0.2, 0.25) is 0 Å². The van der Waals surface area contributed by atoms with Crippen LogP contribution in [0.15, 0.2) is 53.5 Å². The van der Waals surface area contributed by atoms with Crippen molar-refractivity contribution >= 4 is 35.8 Å². The standard InChI is InChI=1S/C20H20ClNO.ClH/c1-2-13-23-17-8-9-18-16(14-17)11-12-22-20(18)10-7-15-5-3-4-6-19(15)21;/h3-10,14H,2,11-13H2,1H3;1H/b10-7+;. The zero-order chi connectivity index (χ0) is 16.1. The highest BCUT2D eigenvalue weighted by Crippen LogP contribution is 2.24. The van der Waals surface area contributed by atoms with Crippen molar-refractivity contribution < 1.29 is 4.74 Å². The van der Waals surface area contributed by atoms with Crippen molar-refractivity contribution in [2.75, 3.05) is 13.2 Å². The summed E-state index contributed by atoms with van der Waals surface area (Å²) in [6.07, 6.45) is 6.05. The zero-order valence-corrected chi connectivity index (χ0v) is 15.2. The van der Waals surface area contributed by atoms with Gasteiger partial charge in [0.15, 0.2) is 0 Å². The lowest BCUT2D eigenvalue weighted by Gasteiger charge is -2.16. The summed E-state index contributed by atoms with van der Waals surface area (Å²) in [6.45, 7) is 3.68. The van der Waals surface area contributed by atoms with E-state index >= 15 is 0 Å². The van der Waals surface area contributed by atoms with Crippen molar-refractivity contribution in [2.24, 2.45) is 4.99 Å². The molecule has 0 saturated carbocycles. The molecule has 0 aliphatic carbocycles. The Hall–Kier alpha value is -1.77. The van der Waals surface area contributed by atoms with Gasteiger partial charge in [0.1, 0.15) is 5.75 Å². The van der Waals surface area contributed by atoms with Crippen molar-refractivity contribution in [3.05, 3.63) is 70.3 Å². The maximum absolute atomic E-state index is 6.20. The molecule has 2 aromatic carbocycles. The molecule has 0 amide bonds. The van der Waals surface area contributed by atoms with Crippen LogP contribution >= 0.6 is 24.0 Å². The molecule has 0 atom stereocenters.